The zero-order valence-corrected chi connectivity index (χ0v) is 11.9. The molecule has 114 valence electrons. The summed E-state index contributed by atoms with van der Waals surface area (Å²) in [5, 5.41) is 20.7. The van der Waals surface area contributed by atoms with E-state index in [1.807, 2.05) is 30.3 Å². The van der Waals surface area contributed by atoms with Crippen molar-refractivity contribution in [2.24, 2.45) is 0 Å². The third kappa shape index (κ3) is 3.24. The average molecular weight is 291 g/mol. The molecule has 0 spiro atoms. The average Bonchev–Trinajstić information content (AvgIpc) is 2.98. The zero-order valence-electron chi connectivity index (χ0n) is 11.9. The number of aliphatic carboxylic acids is 1. The van der Waals surface area contributed by atoms with Crippen LogP contribution in [-0.2, 0) is 15.0 Å². The van der Waals surface area contributed by atoms with Gasteiger partial charge in [-0.2, -0.15) is 0 Å². The van der Waals surface area contributed by atoms with Gasteiger partial charge in [0, 0.05) is 13.0 Å². The molecular formula is C16H21NO4. The second-order valence-electron chi connectivity index (χ2n) is 5.53. The molecule has 5 nitrogen and oxygen atoms in total. The van der Waals surface area contributed by atoms with Gasteiger partial charge in [-0.1, -0.05) is 43.2 Å². The minimum atomic E-state index is -1.11. The number of hydrogen-bond donors (Lipinski definition) is 3. The van der Waals surface area contributed by atoms with Gasteiger partial charge in [0.25, 0.3) is 0 Å². The first kappa shape index (κ1) is 15.5. The first-order valence-corrected chi connectivity index (χ1v) is 7.30. The smallest absolute Gasteiger partial charge is 0.326 e. The van der Waals surface area contributed by atoms with Crippen molar-refractivity contribution in [3.63, 3.8) is 0 Å². The lowest BCUT2D eigenvalue weighted by Gasteiger charge is -2.29. The predicted octanol–water partition coefficient (Wildman–Crippen LogP) is 1.45. The van der Waals surface area contributed by atoms with Gasteiger partial charge in [0.05, 0.1) is 5.41 Å². The molecule has 1 aliphatic rings. The molecule has 0 bridgehead atoms. The second kappa shape index (κ2) is 6.72. The Morgan fingerprint density at radius 1 is 1.19 bits per heavy atom. The molecule has 0 radical (unpaired) electrons. The summed E-state index contributed by atoms with van der Waals surface area (Å²) >= 11 is 0. The van der Waals surface area contributed by atoms with Crippen molar-refractivity contribution in [3.8, 4) is 0 Å². The number of benzene rings is 1. The number of carboxylic acids is 1. The maximum atomic E-state index is 12.7. The number of carbonyl (C=O) groups excluding carboxylic acids is 1. The van der Waals surface area contributed by atoms with Crippen molar-refractivity contribution in [2.45, 2.75) is 43.6 Å². The van der Waals surface area contributed by atoms with Crippen LogP contribution in [0.4, 0.5) is 0 Å². The normalized spacial score (nSPS) is 18.1. The van der Waals surface area contributed by atoms with Crippen molar-refractivity contribution in [2.75, 3.05) is 6.61 Å². The summed E-state index contributed by atoms with van der Waals surface area (Å²) in [6.45, 7) is -0.268. The van der Waals surface area contributed by atoms with E-state index in [0.717, 1.165) is 31.2 Å². The van der Waals surface area contributed by atoms with Crippen LogP contribution in [0.15, 0.2) is 30.3 Å². The Balaban J connectivity index is 2.22. The van der Waals surface area contributed by atoms with E-state index in [0.29, 0.717) is 0 Å². The molecule has 0 heterocycles. The monoisotopic (exact) mass is 291 g/mol. The van der Waals surface area contributed by atoms with Crippen LogP contribution in [0.2, 0.25) is 0 Å². The molecule has 1 saturated carbocycles. The molecule has 1 amide bonds. The lowest BCUT2D eigenvalue weighted by atomic mass is 9.78. The summed E-state index contributed by atoms with van der Waals surface area (Å²) in [4.78, 5) is 23.9. The van der Waals surface area contributed by atoms with Gasteiger partial charge in [-0.25, -0.2) is 4.79 Å². The van der Waals surface area contributed by atoms with E-state index in [1.165, 1.54) is 0 Å². The van der Waals surface area contributed by atoms with Crippen molar-refractivity contribution in [1.29, 1.82) is 0 Å². The van der Waals surface area contributed by atoms with Crippen molar-refractivity contribution < 1.29 is 19.8 Å². The highest BCUT2D eigenvalue weighted by Gasteiger charge is 2.43. The fourth-order valence-electron chi connectivity index (χ4n) is 3.07. The van der Waals surface area contributed by atoms with E-state index in [-0.39, 0.29) is 18.9 Å². The molecule has 1 aromatic rings. The van der Waals surface area contributed by atoms with Gasteiger partial charge >= 0.3 is 5.97 Å². The summed E-state index contributed by atoms with van der Waals surface area (Å²) in [6, 6.07) is 8.49. The Hall–Kier alpha value is -1.88. The molecule has 1 fully saturated rings. The molecule has 5 heteroatoms. The van der Waals surface area contributed by atoms with Crippen LogP contribution in [0.3, 0.4) is 0 Å². The van der Waals surface area contributed by atoms with Crippen LogP contribution < -0.4 is 5.32 Å². The summed E-state index contributed by atoms with van der Waals surface area (Å²) in [7, 11) is 0. The third-order valence-corrected chi connectivity index (χ3v) is 4.24. The van der Waals surface area contributed by atoms with E-state index in [2.05, 4.69) is 5.32 Å². The van der Waals surface area contributed by atoms with E-state index >= 15 is 0 Å². The van der Waals surface area contributed by atoms with E-state index in [9.17, 15) is 9.59 Å². The number of rotatable bonds is 6. The van der Waals surface area contributed by atoms with Gasteiger partial charge in [-0.15, -0.1) is 0 Å². The minimum absolute atomic E-state index is 0.0198. The summed E-state index contributed by atoms with van der Waals surface area (Å²) in [5.74, 6) is -1.36. The molecule has 0 saturated heterocycles. The Bertz CT molecular complexity index is 494. The molecule has 3 N–H and O–H groups in total. The number of nitrogens with one attached hydrogen (secondary N) is 1. The molecule has 21 heavy (non-hydrogen) atoms. The zero-order chi connectivity index (χ0) is 15.3. The largest absolute Gasteiger partial charge is 0.480 e. The first-order valence-electron chi connectivity index (χ1n) is 7.30. The highest BCUT2D eigenvalue weighted by Crippen LogP contribution is 2.41. The van der Waals surface area contributed by atoms with E-state index < -0.39 is 17.4 Å². The van der Waals surface area contributed by atoms with Crippen LogP contribution in [0, 0.1) is 0 Å². The Kier molecular flexibility index (Phi) is 4.96. The fourth-order valence-corrected chi connectivity index (χ4v) is 3.07. The van der Waals surface area contributed by atoms with Crippen LogP contribution in [0.5, 0.6) is 0 Å². The Morgan fingerprint density at radius 2 is 1.81 bits per heavy atom. The quantitative estimate of drug-likeness (QED) is 0.740. The van der Waals surface area contributed by atoms with E-state index in [4.69, 9.17) is 10.2 Å². The van der Waals surface area contributed by atoms with Crippen LogP contribution in [0.25, 0.3) is 0 Å². The number of hydrogen-bond acceptors (Lipinski definition) is 3. The van der Waals surface area contributed by atoms with Gasteiger partial charge in [0.15, 0.2) is 0 Å². The van der Waals surface area contributed by atoms with Gasteiger partial charge in [0.1, 0.15) is 6.04 Å². The summed E-state index contributed by atoms with van der Waals surface area (Å²) in [5.41, 5.74) is 0.304. The van der Waals surface area contributed by atoms with Crippen molar-refractivity contribution in [3.05, 3.63) is 35.9 Å². The third-order valence-electron chi connectivity index (χ3n) is 4.24. The molecule has 0 aliphatic heterocycles. The lowest BCUT2D eigenvalue weighted by Crippen LogP contribution is -2.50. The minimum Gasteiger partial charge on any atom is -0.480 e. The Morgan fingerprint density at radius 3 is 2.33 bits per heavy atom. The van der Waals surface area contributed by atoms with Gasteiger partial charge in [-0.05, 0) is 18.4 Å². The van der Waals surface area contributed by atoms with Crippen LogP contribution >= 0.6 is 0 Å². The van der Waals surface area contributed by atoms with Gasteiger partial charge in [-0.3, -0.25) is 4.79 Å². The summed E-state index contributed by atoms with van der Waals surface area (Å²) in [6.07, 6.45) is 3.40. The molecule has 1 aromatic carbocycles. The fraction of sp³-hybridized carbons (Fsp3) is 0.500. The number of amides is 1. The molecule has 0 aromatic heterocycles. The molecule has 2 rings (SSSR count). The number of carboxylic acid groups (broad SMARTS) is 1. The maximum absolute atomic E-state index is 12.7. The van der Waals surface area contributed by atoms with Crippen molar-refractivity contribution >= 4 is 11.9 Å². The molecule has 1 atom stereocenters. The number of carbonyl (C=O) groups is 2. The maximum Gasteiger partial charge on any atom is 0.326 e. The van der Waals surface area contributed by atoms with Gasteiger partial charge < -0.3 is 15.5 Å². The highest BCUT2D eigenvalue weighted by molar-refractivity contribution is 5.91. The topological polar surface area (TPSA) is 86.6 Å². The number of aliphatic hydroxyl groups excluding tert-OH is 1. The SMILES string of the molecule is O=C(O)[C@@H](CCO)NC(=O)C1(c2ccccc2)CCCC1. The predicted molar refractivity (Wildman–Crippen MR) is 77.9 cm³/mol. The molecule has 0 unspecified atom stereocenters. The lowest BCUT2D eigenvalue weighted by molar-refractivity contribution is -0.143. The molecule has 1 aliphatic carbocycles. The second-order valence-corrected chi connectivity index (χ2v) is 5.53. The molecular weight excluding hydrogens is 270 g/mol. The highest BCUT2D eigenvalue weighted by atomic mass is 16.4. The van der Waals surface area contributed by atoms with Gasteiger partial charge in [0.2, 0.25) is 5.91 Å². The summed E-state index contributed by atoms with van der Waals surface area (Å²) < 4.78 is 0. The van der Waals surface area contributed by atoms with E-state index in [1.54, 1.807) is 0 Å². The standard InChI is InChI=1S/C16H21NO4/c18-11-8-13(14(19)20)17-15(21)16(9-4-5-10-16)12-6-2-1-3-7-12/h1-3,6-7,13,18H,4-5,8-11H2,(H,17,21)(H,19,20)/t13-/m1/s1. The first-order chi connectivity index (χ1) is 10.1. The Labute approximate surface area is 124 Å². The van der Waals surface area contributed by atoms with Crippen LogP contribution in [-0.4, -0.2) is 34.7 Å². The number of aliphatic hydroxyl groups is 1. The van der Waals surface area contributed by atoms with Crippen LogP contribution in [0.1, 0.15) is 37.7 Å². The van der Waals surface area contributed by atoms with Crippen molar-refractivity contribution in [1.82, 2.24) is 5.32 Å².